The maximum absolute atomic E-state index is 13.1. The maximum Gasteiger partial charge on any atom is 0.328 e. The van der Waals surface area contributed by atoms with Crippen LogP contribution in [0.2, 0.25) is 0 Å². The Bertz CT molecular complexity index is 974. The fraction of sp³-hybridized carbons (Fsp3) is 0.318. The molecular weight excluding hydrogens is 352 g/mol. The number of nitrogens with one attached hydrogen (secondary N) is 1. The predicted octanol–water partition coefficient (Wildman–Crippen LogP) is 3.87. The standard InChI is InChI=1S/C22H26N4O2/c1-3-23-19-6-4-5-7-21(19)24-12-14-25(15-13-24)22(27)26-11-10-17-16-18(28-2)8-9-20(17)26/h4-11,16,23H,3,12-15H2,1-2H3. The summed E-state index contributed by atoms with van der Waals surface area (Å²) in [6.07, 6.45) is 1.85. The normalized spacial score (nSPS) is 14.4. The minimum absolute atomic E-state index is 0.0276. The molecule has 28 heavy (non-hydrogen) atoms. The first-order valence-electron chi connectivity index (χ1n) is 9.73. The van der Waals surface area contributed by atoms with Crippen molar-refractivity contribution >= 4 is 28.3 Å². The minimum Gasteiger partial charge on any atom is -0.497 e. The van der Waals surface area contributed by atoms with Gasteiger partial charge < -0.3 is 19.9 Å². The van der Waals surface area contributed by atoms with Crippen LogP contribution in [0.1, 0.15) is 6.92 Å². The van der Waals surface area contributed by atoms with Crippen molar-refractivity contribution in [3.05, 3.63) is 54.7 Å². The monoisotopic (exact) mass is 378 g/mol. The third kappa shape index (κ3) is 3.38. The topological polar surface area (TPSA) is 49.7 Å². The van der Waals surface area contributed by atoms with E-state index in [0.29, 0.717) is 13.1 Å². The van der Waals surface area contributed by atoms with Crippen LogP contribution in [0.4, 0.5) is 16.2 Å². The van der Waals surface area contributed by atoms with Crippen molar-refractivity contribution < 1.29 is 9.53 Å². The van der Waals surface area contributed by atoms with Crippen LogP contribution in [0, 0.1) is 0 Å². The van der Waals surface area contributed by atoms with Crippen LogP contribution in [0.5, 0.6) is 5.75 Å². The number of piperazine rings is 1. The predicted molar refractivity (Wildman–Crippen MR) is 114 cm³/mol. The van der Waals surface area contributed by atoms with E-state index in [2.05, 4.69) is 35.3 Å². The molecule has 3 aromatic rings. The molecule has 6 nitrogen and oxygen atoms in total. The van der Waals surface area contributed by atoms with Gasteiger partial charge in [0.2, 0.25) is 0 Å². The van der Waals surface area contributed by atoms with E-state index in [4.69, 9.17) is 4.74 Å². The lowest BCUT2D eigenvalue weighted by molar-refractivity contribution is 0.197. The smallest absolute Gasteiger partial charge is 0.328 e. The molecule has 0 saturated carbocycles. The number of carbonyl (C=O) groups excluding carboxylic acids is 1. The summed E-state index contributed by atoms with van der Waals surface area (Å²) in [7, 11) is 1.65. The number of hydrogen-bond acceptors (Lipinski definition) is 4. The first-order chi connectivity index (χ1) is 13.7. The largest absolute Gasteiger partial charge is 0.497 e. The van der Waals surface area contributed by atoms with Crippen LogP contribution in [0.3, 0.4) is 0 Å². The first kappa shape index (κ1) is 18.2. The molecule has 6 heteroatoms. The van der Waals surface area contributed by atoms with Gasteiger partial charge in [-0.1, -0.05) is 12.1 Å². The van der Waals surface area contributed by atoms with E-state index >= 15 is 0 Å². The van der Waals surface area contributed by atoms with Crippen LogP contribution in [0.25, 0.3) is 10.9 Å². The highest BCUT2D eigenvalue weighted by Gasteiger charge is 2.24. The number of benzene rings is 2. The average Bonchev–Trinajstić information content (AvgIpc) is 3.17. The van der Waals surface area contributed by atoms with Crippen LogP contribution in [-0.4, -0.2) is 55.3 Å². The number of para-hydroxylation sites is 2. The fourth-order valence-electron chi connectivity index (χ4n) is 3.79. The highest BCUT2D eigenvalue weighted by atomic mass is 16.5. The minimum atomic E-state index is 0.0276. The Labute approximate surface area is 165 Å². The molecule has 1 aromatic heterocycles. The molecule has 1 N–H and O–H groups in total. The molecule has 2 heterocycles. The van der Waals surface area contributed by atoms with Crippen LogP contribution in [-0.2, 0) is 0 Å². The lowest BCUT2D eigenvalue weighted by atomic mass is 10.2. The van der Waals surface area contributed by atoms with Crippen molar-refractivity contribution in [1.82, 2.24) is 9.47 Å². The highest BCUT2D eigenvalue weighted by Crippen LogP contribution is 2.27. The Hall–Kier alpha value is -3.15. The van der Waals surface area contributed by atoms with Gasteiger partial charge in [-0.15, -0.1) is 0 Å². The number of methoxy groups -OCH3 is 1. The van der Waals surface area contributed by atoms with Crippen LogP contribution < -0.4 is 15.0 Å². The molecule has 0 radical (unpaired) electrons. The second-order valence-electron chi connectivity index (χ2n) is 6.91. The van der Waals surface area contributed by atoms with E-state index in [0.717, 1.165) is 42.0 Å². The molecule has 0 atom stereocenters. The Kier molecular flexibility index (Phi) is 5.10. The van der Waals surface area contributed by atoms with Gasteiger partial charge in [-0.05, 0) is 43.3 Å². The molecule has 0 spiro atoms. The molecule has 1 aliphatic heterocycles. The molecule has 146 valence electrons. The Balaban J connectivity index is 1.48. The zero-order valence-corrected chi connectivity index (χ0v) is 16.4. The number of hydrogen-bond donors (Lipinski definition) is 1. The van der Waals surface area contributed by atoms with Crippen LogP contribution in [0.15, 0.2) is 54.7 Å². The molecule has 0 bridgehead atoms. The lowest BCUT2D eigenvalue weighted by Gasteiger charge is -2.37. The second kappa shape index (κ2) is 7.84. The molecule has 0 aliphatic carbocycles. The zero-order chi connectivity index (χ0) is 19.5. The molecule has 1 fully saturated rings. The van der Waals surface area contributed by atoms with Gasteiger partial charge in [0.25, 0.3) is 0 Å². The second-order valence-corrected chi connectivity index (χ2v) is 6.91. The zero-order valence-electron chi connectivity index (χ0n) is 16.4. The fourth-order valence-corrected chi connectivity index (χ4v) is 3.79. The van der Waals surface area contributed by atoms with E-state index in [1.54, 1.807) is 11.7 Å². The van der Waals surface area contributed by atoms with Crippen molar-refractivity contribution in [3.8, 4) is 5.75 Å². The molecule has 0 unspecified atom stereocenters. The Morgan fingerprint density at radius 3 is 2.61 bits per heavy atom. The molecular formula is C22H26N4O2. The SMILES string of the molecule is CCNc1ccccc1N1CCN(C(=O)n2ccc3cc(OC)ccc32)CC1. The number of fused-ring (bicyclic) bond motifs is 1. The first-order valence-corrected chi connectivity index (χ1v) is 9.73. The molecule has 1 saturated heterocycles. The molecule has 4 rings (SSSR count). The summed E-state index contributed by atoms with van der Waals surface area (Å²) in [6, 6.07) is 16.1. The molecule has 2 aromatic carbocycles. The third-order valence-corrected chi connectivity index (χ3v) is 5.27. The van der Waals surface area contributed by atoms with Gasteiger partial charge in [-0.3, -0.25) is 4.57 Å². The van der Waals surface area contributed by atoms with E-state index in [9.17, 15) is 4.79 Å². The number of anilines is 2. The van der Waals surface area contributed by atoms with Crippen molar-refractivity contribution in [2.24, 2.45) is 0 Å². The van der Waals surface area contributed by atoms with Gasteiger partial charge in [-0.25, -0.2) is 4.79 Å². The molecule has 1 aliphatic rings. The summed E-state index contributed by atoms with van der Waals surface area (Å²) in [5, 5.41) is 4.43. The Morgan fingerprint density at radius 2 is 1.86 bits per heavy atom. The van der Waals surface area contributed by atoms with Gasteiger partial charge in [0.05, 0.1) is 24.0 Å². The van der Waals surface area contributed by atoms with Crippen molar-refractivity contribution in [2.75, 3.05) is 50.1 Å². The van der Waals surface area contributed by atoms with Crippen molar-refractivity contribution in [1.29, 1.82) is 0 Å². The maximum atomic E-state index is 13.1. The number of amides is 1. The van der Waals surface area contributed by atoms with Gasteiger partial charge in [-0.2, -0.15) is 0 Å². The summed E-state index contributed by atoms with van der Waals surface area (Å²) in [5.74, 6) is 0.797. The summed E-state index contributed by atoms with van der Waals surface area (Å²) < 4.78 is 7.01. The van der Waals surface area contributed by atoms with Gasteiger partial charge in [0, 0.05) is 44.3 Å². The summed E-state index contributed by atoms with van der Waals surface area (Å²) in [6.45, 7) is 6.04. The molecule has 1 amide bonds. The van der Waals surface area contributed by atoms with E-state index in [1.807, 2.05) is 41.4 Å². The quantitative estimate of drug-likeness (QED) is 0.749. The van der Waals surface area contributed by atoms with Crippen molar-refractivity contribution in [3.63, 3.8) is 0 Å². The Morgan fingerprint density at radius 1 is 1.07 bits per heavy atom. The third-order valence-electron chi connectivity index (χ3n) is 5.27. The number of aromatic nitrogens is 1. The summed E-state index contributed by atoms with van der Waals surface area (Å²) in [5.41, 5.74) is 3.26. The van der Waals surface area contributed by atoms with E-state index < -0.39 is 0 Å². The number of ether oxygens (including phenoxy) is 1. The number of carbonyl (C=O) groups is 1. The summed E-state index contributed by atoms with van der Waals surface area (Å²) >= 11 is 0. The number of nitrogens with zero attached hydrogens (tertiary/aromatic N) is 3. The van der Waals surface area contributed by atoms with E-state index in [-0.39, 0.29) is 6.03 Å². The van der Waals surface area contributed by atoms with Gasteiger partial charge in [0.1, 0.15) is 5.75 Å². The highest BCUT2D eigenvalue weighted by molar-refractivity contribution is 5.92. The van der Waals surface area contributed by atoms with Gasteiger partial charge in [0.15, 0.2) is 0 Å². The van der Waals surface area contributed by atoms with Gasteiger partial charge >= 0.3 is 6.03 Å². The number of rotatable bonds is 4. The summed E-state index contributed by atoms with van der Waals surface area (Å²) in [4.78, 5) is 17.3. The lowest BCUT2D eigenvalue weighted by Crippen LogP contribution is -2.50. The van der Waals surface area contributed by atoms with E-state index in [1.165, 1.54) is 5.69 Å². The van der Waals surface area contributed by atoms with Crippen LogP contribution >= 0.6 is 0 Å². The average molecular weight is 378 g/mol. The van der Waals surface area contributed by atoms with Crippen molar-refractivity contribution in [2.45, 2.75) is 6.92 Å².